The second-order valence-corrected chi connectivity index (χ2v) is 4.56. The molecule has 1 aromatic carbocycles. The Balaban J connectivity index is 2.22. The van der Waals surface area contributed by atoms with Crippen LogP contribution in [0.1, 0.15) is 11.4 Å². The standard InChI is InChI=1S/C11H12BrFN4/c1-14-5-11-15-7-16-17(11)6-8-2-9(12)4-10(13)3-8/h2-4,7,14H,5-6H2,1H3. The van der Waals surface area contributed by atoms with Gasteiger partial charge in [-0.15, -0.1) is 0 Å². The summed E-state index contributed by atoms with van der Waals surface area (Å²) < 4.78 is 15.7. The molecule has 0 atom stereocenters. The Bertz CT molecular complexity index is 492. The predicted octanol–water partition coefficient (Wildman–Crippen LogP) is 1.95. The number of rotatable bonds is 4. The summed E-state index contributed by atoms with van der Waals surface area (Å²) in [5.41, 5.74) is 0.847. The fourth-order valence-corrected chi connectivity index (χ4v) is 2.10. The van der Waals surface area contributed by atoms with E-state index in [0.717, 1.165) is 15.9 Å². The summed E-state index contributed by atoms with van der Waals surface area (Å²) in [6.45, 7) is 1.14. The van der Waals surface area contributed by atoms with Gasteiger partial charge in [-0.05, 0) is 30.8 Å². The van der Waals surface area contributed by atoms with E-state index in [0.29, 0.717) is 13.1 Å². The van der Waals surface area contributed by atoms with Crippen LogP contribution in [-0.2, 0) is 13.1 Å². The lowest BCUT2D eigenvalue weighted by atomic mass is 10.2. The maximum Gasteiger partial charge on any atom is 0.141 e. The molecule has 90 valence electrons. The average Bonchev–Trinajstić information content (AvgIpc) is 2.65. The molecule has 4 nitrogen and oxygen atoms in total. The number of nitrogens with one attached hydrogen (secondary N) is 1. The van der Waals surface area contributed by atoms with Crippen molar-refractivity contribution >= 4 is 15.9 Å². The van der Waals surface area contributed by atoms with E-state index >= 15 is 0 Å². The van der Waals surface area contributed by atoms with Crippen LogP contribution in [0.2, 0.25) is 0 Å². The number of benzene rings is 1. The molecule has 0 saturated heterocycles. The van der Waals surface area contributed by atoms with Crippen molar-refractivity contribution in [1.82, 2.24) is 20.1 Å². The van der Waals surface area contributed by atoms with Crippen molar-refractivity contribution in [2.24, 2.45) is 0 Å². The van der Waals surface area contributed by atoms with Crippen LogP contribution in [0.5, 0.6) is 0 Å². The molecule has 0 bridgehead atoms. The van der Waals surface area contributed by atoms with Gasteiger partial charge in [-0.2, -0.15) is 5.10 Å². The molecule has 0 fully saturated rings. The summed E-state index contributed by atoms with van der Waals surface area (Å²) in [7, 11) is 1.85. The van der Waals surface area contributed by atoms with Gasteiger partial charge in [0, 0.05) is 4.47 Å². The Morgan fingerprint density at radius 3 is 2.94 bits per heavy atom. The molecule has 1 aromatic heterocycles. The van der Waals surface area contributed by atoms with Crippen LogP contribution in [0.3, 0.4) is 0 Å². The minimum absolute atomic E-state index is 0.260. The van der Waals surface area contributed by atoms with E-state index in [2.05, 4.69) is 31.3 Å². The number of halogens is 2. The molecule has 0 saturated carbocycles. The van der Waals surface area contributed by atoms with Crippen molar-refractivity contribution in [3.63, 3.8) is 0 Å². The number of nitrogens with zero attached hydrogens (tertiary/aromatic N) is 3. The van der Waals surface area contributed by atoms with Crippen LogP contribution in [0, 0.1) is 5.82 Å². The van der Waals surface area contributed by atoms with E-state index in [9.17, 15) is 4.39 Å². The number of aromatic nitrogens is 3. The monoisotopic (exact) mass is 298 g/mol. The van der Waals surface area contributed by atoms with Crippen molar-refractivity contribution in [2.75, 3.05) is 7.05 Å². The molecule has 0 amide bonds. The first-order valence-corrected chi connectivity index (χ1v) is 5.94. The second kappa shape index (κ2) is 5.37. The summed E-state index contributed by atoms with van der Waals surface area (Å²) in [5, 5.41) is 7.13. The molecule has 17 heavy (non-hydrogen) atoms. The molecular formula is C11H12BrFN4. The molecule has 0 spiro atoms. The molecule has 1 N–H and O–H groups in total. The van der Waals surface area contributed by atoms with Gasteiger partial charge >= 0.3 is 0 Å². The zero-order valence-electron chi connectivity index (χ0n) is 9.32. The highest BCUT2D eigenvalue weighted by Crippen LogP contribution is 2.15. The highest BCUT2D eigenvalue weighted by Gasteiger charge is 2.05. The third-order valence-corrected chi connectivity index (χ3v) is 2.74. The third kappa shape index (κ3) is 3.10. The second-order valence-electron chi connectivity index (χ2n) is 3.64. The summed E-state index contributed by atoms with van der Waals surface area (Å²) in [6, 6.07) is 4.79. The Hall–Kier alpha value is -1.27. The van der Waals surface area contributed by atoms with Crippen LogP contribution in [0.25, 0.3) is 0 Å². The lowest BCUT2D eigenvalue weighted by Gasteiger charge is -2.06. The lowest BCUT2D eigenvalue weighted by molar-refractivity contribution is 0.599. The van der Waals surface area contributed by atoms with Gasteiger partial charge in [0.2, 0.25) is 0 Å². The molecule has 1 heterocycles. The first kappa shape index (κ1) is 12.2. The van der Waals surface area contributed by atoms with Crippen LogP contribution >= 0.6 is 15.9 Å². The zero-order valence-corrected chi connectivity index (χ0v) is 10.9. The van der Waals surface area contributed by atoms with Crippen LogP contribution in [-0.4, -0.2) is 21.8 Å². The number of hydrogen-bond acceptors (Lipinski definition) is 3. The minimum atomic E-state index is -0.260. The fraction of sp³-hybridized carbons (Fsp3) is 0.273. The molecule has 0 radical (unpaired) electrons. The SMILES string of the molecule is CNCc1ncnn1Cc1cc(F)cc(Br)c1. The maximum absolute atomic E-state index is 13.2. The normalized spacial score (nSPS) is 10.8. The third-order valence-electron chi connectivity index (χ3n) is 2.29. The maximum atomic E-state index is 13.2. The highest BCUT2D eigenvalue weighted by molar-refractivity contribution is 9.10. The van der Waals surface area contributed by atoms with E-state index in [-0.39, 0.29) is 5.82 Å². The highest BCUT2D eigenvalue weighted by atomic mass is 79.9. The lowest BCUT2D eigenvalue weighted by Crippen LogP contribution is -2.14. The van der Waals surface area contributed by atoms with Gasteiger partial charge in [0.05, 0.1) is 13.1 Å². The summed E-state index contributed by atoms with van der Waals surface area (Å²) >= 11 is 3.27. The van der Waals surface area contributed by atoms with E-state index in [1.807, 2.05) is 13.1 Å². The van der Waals surface area contributed by atoms with Gasteiger partial charge < -0.3 is 5.32 Å². The van der Waals surface area contributed by atoms with Gasteiger partial charge in [-0.3, -0.25) is 0 Å². The molecule has 2 aromatic rings. The molecule has 0 unspecified atom stereocenters. The molecule has 0 aliphatic heterocycles. The van der Waals surface area contributed by atoms with Crippen molar-refractivity contribution in [1.29, 1.82) is 0 Å². The zero-order chi connectivity index (χ0) is 12.3. The van der Waals surface area contributed by atoms with Crippen LogP contribution in [0.15, 0.2) is 29.0 Å². The summed E-state index contributed by atoms with van der Waals surface area (Å²) in [6.07, 6.45) is 1.50. The predicted molar refractivity (Wildman–Crippen MR) is 66.0 cm³/mol. The van der Waals surface area contributed by atoms with Gasteiger partial charge in [-0.25, -0.2) is 14.1 Å². The summed E-state index contributed by atoms with van der Waals surface area (Å²) in [5.74, 6) is 0.567. The fourth-order valence-electron chi connectivity index (χ4n) is 1.59. The minimum Gasteiger partial charge on any atom is -0.313 e. The van der Waals surface area contributed by atoms with E-state index in [1.165, 1.54) is 18.5 Å². The van der Waals surface area contributed by atoms with Crippen molar-refractivity contribution in [3.8, 4) is 0 Å². The molecule has 6 heteroatoms. The Kier molecular flexibility index (Phi) is 3.86. The topological polar surface area (TPSA) is 42.7 Å². The van der Waals surface area contributed by atoms with Crippen LogP contribution in [0.4, 0.5) is 4.39 Å². The Morgan fingerprint density at radius 2 is 2.24 bits per heavy atom. The molecule has 0 aliphatic rings. The average molecular weight is 299 g/mol. The van der Waals surface area contributed by atoms with Crippen molar-refractivity contribution < 1.29 is 4.39 Å². The largest absolute Gasteiger partial charge is 0.313 e. The van der Waals surface area contributed by atoms with Gasteiger partial charge in [-0.1, -0.05) is 15.9 Å². The molecule has 0 aliphatic carbocycles. The smallest absolute Gasteiger partial charge is 0.141 e. The molecule has 2 rings (SSSR count). The Labute approximate surface area is 107 Å². The first-order chi connectivity index (χ1) is 8.19. The Morgan fingerprint density at radius 1 is 1.41 bits per heavy atom. The summed E-state index contributed by atoms with van der Waals surface area (Å²) in [4.78, 5) is 4.13. The first-order valence-electron chi connectivity index (χ1n) is 5.15. The number of hydrogen-bond donors (Lipinski definition) is 1. The van der Waals surface area contributed by atoms with Gasteiger partial charge in [0.15, 0.2) is 0 Å². The van der Waals surface area contributed by atoms with Crippen molar-refractivity contribution in [3.05, 3.63) is 46.2 Å². The van der Waals surface area contributed by atoms with Gasteiger partial charge in [0.1, 0.15) is 18.0 Å². The van der Waals surface area contributed by atoms with E-state index < -0.39 is 0 Å². The van der Waals surface area contributed by atoms with Crippen molar-refractivity contribution in [2.45, 2.75) is 13.1 Å². The van der Waals surface area contributed by atoms with Gasteiger partial charge in [0.25, 0.3) is 0 Å². The van der Waals surface area contributed by atoms with Crippen LogP contribution < -0.4 is 5.32 Å². The van der Waals surface area contributed by atoms with E-state index in [4.69, 9.17) is 0 Å². The quantitative estimate of drug-likeness (QED) is 0.938. The molecular weight excluding hydrogens is 287 g/mol. The van der Waals surface area contributed by atoms with E-state index in [1.54, 1.807) is 4.68 Å².